The summed E-state index contributed by atoms with van der Waals surface area (Å²) in [6.07, 6.45) is 0. The molecule has 0 fully saturated rings. The Balaban J connectivity index is 1.92. The largest absolute Gasteiger partial charge is 0.332 e. The fourth-order valence-corrected chi connectivity index (χ4v) is 3.71. The van der Waals surface area contributed by atoms with Gasteiger partial charge < -0.3 is 4.57 Å². The molecule has 0 aliphatic carbocycles. The highest BCUT2D eigenvalue weighted by atomic mass is 79.9. The van der Waals surface area contributed by atoms with Gasteiger partial charge in [-0.25, -0.2) is 14.8 Å². The lowest BCUT2D eigenvalue weighted by Crippen LogP contribution is -2.40. The molecule has 9 nitrogen and oxygen atoms in total. The maximum Gasteiger partial charge on any atom is 0.332 e. The molecule has 0 atom stereocenters. The standard InChI is InChI=1S/C16H12BrN7O2S/c1-3-4-7-23-11-13(19-15(23)17)22(2)16(26)24(14(11)25)8-9-5-6-10-12(18-9)21-27-20-10/h5-6H,7-8H2,1-2H3. The highest BCUT2D eigenvalue weighted by Crippen LogP contribution is 2.16. The van der Waals surface area contributed by atoms with Gasteiger partial charge in [0.05, 0.1) is 30.5 Å². The summed E-state index contributed by atoms with van der Waals surface area (Å²) in [5, 5.41) is 0. The zero-order valence-electron chi connectivity index (χ0n) is 14.3. The number of imidazole rings is 1. The summed E-state index contributed by atoms with van der Waals surface area (Å²) in [7, 11) is 1.58. The molecule has 136 valence electrons. The number of rotatable bonds is 3. The fourth-order valence-electron chi connectivity index (χ4n) is 2.76. The van der Waals surface area contributed by atoms with Gasteiger partial charge in [-0.1, -0.05) is 5.92 Å². The Kier molecular flexibility index (Phi) is 4.37. The van der Waals surface area contributed by atoms with Gasteiger partial charge in [-0.3, -0.25) is 13.9 Å². The highest BCUT2D eigenvalue weighted by molar-refractivity contribution is 9.10. The van der Waals surface area contributed by atoms with Crippen LogP contribution in [0.4, 0.5) is 0 Å². The molecule has 0 N–H and O–H groups in total. The fraction of sp³-hybridized carbons (Fsp3) is 0.250. The first-order valence-corrected chi connectivity index (χ1v) is 9.37. The van der Waals surface area contributed by atoms with Gasteiger partial charge in [0.25, 0.3) is 5.56 Å². The van der Waals surface area contributed by atoms with Crippen molar-refractivity contribution in [3.8, 4) is 11.8 Å². The molecule has 0 radical (unpaired) electrons. The Labute approximate surface area is 164 Å². The summed E-state index contributed by atoms with van der Waals surface area (Å²) in [6, 6.07) is 3.50. The molecule has 4 heterocycles. The molecule has 11 heteroatoms. The van der Waals surface area contributed by atoms with E-state index in [1.165, 1.54) is 4.57 Å². The van der Waals surface area contributed by atoms with Crippen LogP contribution in [0.25, 0.3) is 22.3 Å². The molecule has 4 aromatic heterocycles. The minimum absolute atomic E-state index is 0.0250. The molecular weight excluding hydrogens is 434 g/mol. The molecule has 0 aliphatic rings. The van der Waals surface area contributed by atoms with Crippen molar-refractivity contribution in [1.29, 1.82) is 0 Å². The number of aryl methyl sites for hydroxylation is 1. The Morgan fingerprint density at radius 1 is 1.19 bits per heavy atom. The summed E-state index contributed by atoms with van der Waals surface area (Å²) in [5.41, 5.74) is 1.43. The van der Waals surface area contributed by atoms with E-state index in [2.05, 4.69) is 46.5 Å². The van der Waals surface area contributed by atoms with Crippen molar-refractivity contribution >= 4 is 50.0 Å². The number of hydrogen-bond donors (Lipinski definition) is 0. The second kappa shape index (κ2) is 6.71. The molecule has 0 saturated carbocycles. The van der Waals surface area contributed by atoms with Crippen LogP contribution < -0.4 is 11.2 Å². The maximum absolute atomic E-state index is 13.1. The van der Waals surface area contributed by atoms with Crippen LogP contribution in [0.1, 0.15) is 12.6 Å². The Morgan fingerprint density at radius 2 is 2.00 bits per heavy atom. The average molecular weight is 446 g/mol. The van der Waals surface area contributed by atoms with Gasteiger partial charge in [0.1, 0.15) is 5.52 Å². The van der Waals surface area contributed by atoms with Gasteiger partial charge in [-0.2, -0.15) is 8.75 Å². The van der Waals surface area contributed by atoms with Crippen LogP contribution in [-0.2, 0) is 20.1 Å². The number of pyridine rings is 1. The first-order chi connectivity index (χ1) is 13.0. The lowest BCUT2D eigenvalue weighted by atomic mass is 10.3. The van der Waals surface area contributed by atoms with E-state index in [-0.39, 0.29) is 13.1 Å². The summed E-state index contributed by atoms with van der Waals surface area (Å²) in [6.45, 7) is 2.03. The lowest BCUT2D eigenvalue weighted by molar-refractivity contribution is 0.645. The second-order valence-corrected chi connectivity index (χ2v) is 6.95. The van der Waals surface area contributed by atoms with Gasteiger partial charge in [0.2, 0.25) is 0 Å². The van der Waals surface area contributed by atoms with Gasteiger partial charge in [0, 0.05) is 7.05 Å². The third-order valence-electron chi connectivity index (χ3n) is 4.10. The summed E-state index contributed by atoms with van der Waals surface area (Å²) in [5.74, 6) is 5.71. The minimum Gasteiger partial charge on any atom is -0.301 e. The number of fused-ring (bicyclic) bond motifs is 2. The van der Waals surface area contributed by atoms with E-state index in [1.54, 1.807) is 30.7 Å². The van der Waals surface area contributed by atoms with Gasteiger partial charge in [-0.05, 0) is 35.0 Å². The SMILES string of the molecule is CC#CCn1c(Br)nc2c1c(=O)n(Cc1ccc3nsnc3n1)c(=O)n2C. The number of aromatic nitrogens is 7. The molecule has 0 aromatic carbocycles. The molecule has 0 spiro atoms. The predicted octanol–water partition coefficient (Wildman–Crippen LogP) is 1.13. The Hall–Kier alpha value is -2.84. The van der Waals surface area contributed by atoms with Crippen LogP contribution in [0, 0.1) is 11.8 Å². The van der Waals surface area contributed by atoms with E-state index in [9.17, 15) is 9.59 Å². The number of hydrogen-bond acceptors (Lipinski definition) is 7. The van der Waals surface area contributed by atoms with Crippen LogP contribution >= 0.6 is 27.7 Å². The van der Waals surface area contributed by atoms with Crippen molar-refractivity contribution in [1.82, 2.24) is 32.4 Å². The van der Waals surface area contributed by atoms with Crippen LogP contribution in [0.5, 0.6) is 0 Å². The molecular formula is C16H12BrN7O2S. The van der Waals surface area contributed by atoms with Crippen molar-refractivity contribution in [3.05, 3.63) is 43.4 Å². The molecule has 0 saturated heterocycles. The third-order valence-corrected chi connectivity index (χ3v) is 5.24. The molecule has 27 heavy (non-hydrogen) atoms. The Bertz CT molecular complexity index is 1370. The van der Waals surface area contributed by atoms with Crippen molar-refractivity contribution < 1.29 is 0 Å². The van der Waals surface area contributed by atoms with Crippen molar-refractivity contribution in [2.45, 2.75) is 20.0 Å². The smallest absolute Gasteiger partial charge is 0.301 e. The normalized spacial score (nSPS) is 11.1. The minimum atomic E-state index is -0.468. The van der Waals surface area contributed by atoms with Crippen LogP contribution in [0.3, 0.4) is 0 Å². The predicted molar refractivity (Wildman–Crippen MR) is 105 cm³/mol. The van der Waals surface area contributed by atoms with E-state index in [1.807, 2.05) is 0 Å². The second-order valence-electron chi connectivity index (χ2n) is 5.71. The van der Waals surface area contributed by atoms with Crippen molar-refractivity contribution in [3.63, 3.8) is 0 Å². The molecule has 0 unspecified atom stereocenters. The van der Waals surface area contributed by atoms with E-state index in [0.717, 1.165) is 16.3 Å². The summed E-state index contributed by atoms with van der Waals surface area (Å²) >= 11 is 4.41. The molecule has 0 aliphatic heterocycles. The van der Waals surface area contributed by atoms with E-state index < -0.39 is 11.2 Å². The number of nitrogens with zero attached hydrogens (tertiary/aromatic N) is 7. The zero-order valence-corrected chi connectivity index (χ0v) is 16.7. The quantitative estimate of drug-likeness (QED) is 0.346. The zero-order chi connectivity index (χ0) is 19.1. The first kappa shape index (κ1) is 17.6. The van der Waals surface area contributed by atoms with Crippen LogP contribution in [0.15, 0.2) is 26.5 Å². The third kappa shape index (κ3) is 2.87. The summed E-state index contributed by atoms with van der Waals surface area (Å²) in [4.78, 5) is 34.5. The van der Waals surface area contributed by atoms with E-state index in [4.69, 9.17) is 0 Å². The van der Waals surface area contributed by atoms with E-state index >= 15 is 0 Å². The monoisotopic (exact) mass is 445 g/mol. The molecule has 0 bridgehead atoms. The maximum atomic E-state index is 13.1. The van der Waals surface area contributed by atoms with E-state index in [0.29, 0.717) is 32.8 Å². The van der Waals surface area contributed by atoms with Gasteiger partial charge in [0.15, 0.2) is 21.5 Å². The van der Waals surface area contributed by atoms with Gasteiger partial charge >= 0.3 is 5.69 Å². The topological polar surface area (TPSA) is 100 Å². The summed E-state index contributed by atoms with van der Waals surface area (Å²) < 4.78 is 12.8. The number of halogens is 1. The highest BCUT2D eigenvalue weighted by Gasteiger charge is 2.19. The lowest BCUT2D eigenvalue weighted by Gasteiger charge is -2.08. The first-order valence-electron chi connectivity index (χ1n) is 7.84. The Morgan fingerprint density at radius 3 is 2.78 bits per heavy atom. The average Bonchev–Trinajstić information content (AvgIpc) is 3.25. The van der Waals surface area contributed by atoms with Crippen LogP contribution in [-0.4, -0.2) is 32.4 Å². The van der Waals surface area contributed by atoms with Crippen molar-refractivity contribution in [2.24, 2.45) is 7.05 Å². The van der Waals surface area contributed by atoms with Crippen molar-refractivity contribution in [2.75, 3.05) is 0 Å². The van der Waals surface area contributed by atoms with Crippen LogP contribution in [0.2, 0.25) is 0 Å². The molecule has 4 rings (SSSR count). The van der Waals surface area contributed by atoms with Gasteiger partial charge in [-0.15, -0.1) is 5.92 Å². The molecule has 4 aromatic rings. The molecule has 0 amide bonds.